The number of likely N-dealkylation sites (N-methyl/N-ethyl adjacent to an activating group) is 1. The molecular formula is C26H34N6. The van der Waals surface area contributed by atoms with Crippen molar-refractivity contribution in [2.75, 3.05) is 18.9 Å². The summed E-state index contributed by atoms with van der Waals surface area (Å²) in [5.74, 6) is 2.58. The molecule has 6 nitrogen and oxygen atoms in total. The number of nitrogens with zero attached hydrogens (tertiary/aromatic N) is 5. The number of nitrogens with one attached hydrogen (secondary N) is 1. The van der Waals surface area contributed by atoms with Crippen molar-refractivity contribution in [3.63, 3.8) is 0 Å². The molecule has 2 aliphatic rings. The molecule has 0 atom stereocenters. The number of aromatic nitrogens is 4. The summed E-state index contributed by atoms with van der Waals surface area (Å²) in [7, 11) is 2.20. The Hall–Kier alpha value is -2.73. The predicted octanol–water partition coefficient (Wildman–Crippen LogP) is 5.22. The molecule has 1 aromatic carbocycles. The van der Waals surface area contributed by atoms with Gasteiger partial charge in [0.1, 0.15) is 5.82 Å². The third kappa shape index (κ3) is 4.70. The molecule has 1 N–H and O–H groups in total. The number of fused-ring (bicyclic) bond motifs is 1. The van der Waals surface area contributed by atoms with Gasteiger partial charge >= 0.3 is 0 Å². The second-order valence-electron chi connectivity index (χ2n) is 9.47. The zero-order valence-electron chi connectivity index (χ0n) is 19.3. The minimum Gasteiger partial charge on any atom is -0.324 e. The van der Waals surface area contributed by atoms with E-state index in [9.17, 15) is 0 Å². The second kappa shape index (κ2) is 9.41. The maximum Gasteiger partial charge on any atom is 0.227 e. The molecule has 0 bridgehead atoms. The highest BCUT2D eigenvalue weighted by Crippen LogP contribution is 2.30. The lowest BCUT2D eigenvalue weighted by atomic mass is 9.85. The first-order valence-corrected chi connectivity index (χ1v) is 12.1. The van der Waals surface area contributed by atoms with Crippen molar-refractivity contribution in [3.8, 4) is 5.69 Å². The van der Waals surface area contributed by atoms with Crippen LogP contribution in [0, 0.1) is 12.8 Å². The lowest BCUT2D eigenvalue weighted by molar-refractivity contribution is 0.305. The van der Waals surface area contributed by atoms with Crippen LogP contribution in [0.2, 0.25) is 0 Å². The van der Waals surface area contributed by atoms with Crippen molar-refractivity contribution in [1.82, 2.24) is 24.4 Å². The number of aryl methyl sites for hydroxylation is 2. The molecule has 0 spiro atoms. The zero-order valence-corrected chi connectivity index (χ0v) is 19.3. The number of benzene rings is 1. The van der Waals surface area contributed by atoms with Gasteiger partial charge in [-0.3, -0.25) is 0 Å². The summed E-state index contributed by atoms with van der Waals surface area (Å²) >= 11 is 0. The summed E-state index contributed by atoms with van der Waals surface area (Å²) in [6.07, 6.45) is 14.1. The highest BCUT2D eigenvalue weighted by molar-refractivity contribution is 5.56. The van der Waals surface area contributed by atoms with Gasteiger partial charge in [-0.25, -0.2) is 15.0 Å². The maximum atomic E-state index is 5.02. The van der Waals surface area contributed by atoms with Crippen LogP contribution in [0.4, 0.5) is 11.6 Å². The summed E-state index contributed by atoms with van der Waals surface area (Å²) in [4.78, 5) is 16.6. The highest BCUT2D eigenvalue weighted by atomic mass is 15.1. The molecule has 2 aromatic heterocycles. The Morgan fingerprint density at radius 1 is 1.06 bits per heavy atom. The van der Waals surface area contributed by atoms with Crippen molar-refractivity contribution in [2.24, 2.45) is 5.92 Å². The smallest absolute Gasteiger partial charge is 0.227 e. The summed E-state index contributed by atoms with van der Waals surface area (Å²) in [6.45, 7) is 4.04. The van der Waals surface area contributed by atoms with Crippen LogP contribution in [0.5, 0.6) is 0 Å². The third-order valence-electron chi connectivity index (χ3n) is 7.08. The number of imidazole rings is 1. The lowest BCUT2D eigenvalue weighted by Crippen LogP contribution is -2.29. The first-order valence-electron chi connectivity index (χ1n) is 12.1. The average molecular weight is 431 g/mol. The van der Waals surface area contributed by atoms with Gasteiger partial charge in [0.15, 0.2) is 0 Å². The molecule has 1 aliphatic carbocycles. The van der Waals surface area contributed by atoms with Gasteiger partial charge in [0.2, 0.25) is 5.95 Å². The van der Waals surface area contributed by atoms with Crippen molar-refractivity contribution < 1.29 is 0 Å². The molecule has 0 unspecified atom stereocenters. The summed E-state index contributed by atoms with van der Waals surface area (Å²) in [5, 5.41) is 3.47. The third-order valence-corrected chi connectivity index (χ3v) is 7.08. The van der Waals surface area contributed by atoms with E-state index in [1.807, 2.05) is 19.3 Å². The predicted molar refractivity (Wildman–Crippen MR) is 129 cm³/mol. The summed E-state index contributed by atoms with van der Waals surface area (Å²) in [6, 6.07) is 8.39. The van der Waals surface area contributed by atoms with Gasteiger partial charge in [0, 0.05) is 48.8 Å². The summed E-state index contributed by atoms with van der Waals surface area (Å²) in [5.41, 5.74) is 5.96. The minimum atomic E-state index is 0.735. The second-order valence-corrected chi connectivity index (χ2v) is 9.47. The monoisotopic (exact) mass is 430 g/mol. The van der Waals surface area contributed by atoms with E-state index in [1.165, 1.54) is 55.5 Å². The fourth-order valence-electron chi connectivity index (χ4n) is 5.18. The van der Waals surface area contributed by atoms with Crippen LogP contribution in [0.25, 0.3) is 5.69 Å². The number of anilines is 2. The van der Waals surface area contributed by atoms with E-state index in [4.69, 9.17) is 9.97 Å². The van der Waals surface area contributed by atoms with Gasteiger partial charge in [-0.15, -0.1) is 0 Å². The van der Waals surface area contributed by atoms with Gasteiger partial charge in [0.05, 0.1) is 11.4 Å². The molecule has 0 radical (unpaired) electrons. The topological polar surface area (TPSA) is 58.9 Å². The molecule has 6 heteroatoms. The molecule has 0 saturated heterocycles. The van der Waals surface area contributed by atoms with Crippen molar-refractivity contribution in [2.45, 2.75) is 64.8 Å². The van der Waals surface area contributed by atoms with E-state index in [0.717, 1.165) is 55.0 Å². The summed E-state index contributed by atoms with van der Waals surface area (Å²) < 4.78 is 2.08. The lowest BCUT2D eigenvalue weighted by Gasteiger charge is -2.27. The Morgan fingerprint density at radius 2 is 1.88 bits per heavy atom. The van der Waals surface area contributed by atoms with E-state index in [1.54, 1.807) is 0 Å². The molecule has 5 rings (SSSR count). The molecule has 32 heavy (non-hydrogen) atoms. The van der Waals surface area contributed by atoms with Gasteiger partial charge in [-0.1, -0.05) is 32.1 Å². The number of hydrogen-bond acceptors (Lipinski definition) is 5. The van der Waals surface area contributed by atoms with E-state index in [2.05, 4.69) is 51.1 Å². The fourth-order valence-corrected chi connectivity index (χ4v) is 5.18. The molecular weight excluding hydrogens is 396 g/mol. The van der Waals surface area contributed by atoms with E-state index >= 15 is 0 Å². The maximum absolute atomic E-state index is 5.02. The van der Waals surface area contributed by atoms with Gasteiger partial charge in [0.25, 0.3) is 0 Å². The average Bonchev–Trinajstić information content (AvgIpc) is 3.25. The molecule has 3 aromatic rings. The van der Waals surface area contributed by atoms with Gasteiger partial charge < -0.3 is 14.8 Å². The largest absolute Gasteiger partial charge is 0.324 e. The fraction of sp³-hybridized carbons (Fsp3) is 0.500. The Labute approximate surface area is 191 Å². The van der Waals surface area contributed by atoms with Crippen LogP contribution in [0.1, 0.15) is 61.3 Å². The molecule has 1 saturated carbocycles. The van der Waals surface area contributed by atoms with Crippen molar-refractivity contribution in [1.29, 1.82) is 0 Å². The van der Waals surface area contributed by atoms with Crippen LogP contribution < -0.4 is 5.32 Å². The van der Waals surface area contributed by atoms with E-state index < -0.39 is 0 Å². The Morgan fingerprint density at radius 3 is 2.62 bits per heavy atom. The SMILES string of the molecule is Cc1nccn1-c1ccc(Nc2nc(CCC3CCCCC3)c3c(n2)CCN(C)C3)cc1. The van der Waals surface area contributed by atoms with Gasteiger partial charge in [-0.2, -0.15) is 0 Å². The first kappa shape index (κ1) is 21.1. The van der Waals surface area contributed by atoms with E-state index in [-0.39, 0.29) is 0 Å². The van der Waals surface area contributed by atoms with Crippen LogP contribution in [-0.2, 0) is 19.4 Å². The zero-order chi connectivity index (χ0) is 21.9. The quantitative estimate of drug-likeness (QED) is 0.581. The first-order chi connectivity index (χ1) is 15.7. The Bertz CT molecular complexity index is 1050. The Balaban J connectivity index is 1.35. The molecule has 168 valence electrons. The molecule has 1 fully saturated rings. The standard InChI is InChI=1S/C26H34N6/c1-19-27-15-17-32(19)22-11-9-21(10-12-22)28-26-29-24(13-8-20-6-4-3-5-7-20)23-18-31(2)16-14-25(23)30-26/h9-12,15,17,20H,3-8,13-14,16,18H2,1-2H3,(H,28,29,30). The highest BCUT2D eigenvalue weighted by Gasteiger charge is 2.22. The van der Waals surface area contributed by atoms with Crippen LogP contribution in [0.3, 0.4) is 0 Å². The van der Waals surface area contributed by atoms with Crippen molar-refractivity contribution in [3.05, 3.63) is 59.4 Å². The minimum absolute atomic E-state index is 0.735. The van der Waals surface area contributed by atoms with Crippen LogP contribution in [-0.4, -0.2) is 38.0 Å². The molecule has 1 aliphatic heterocycles. The molecule has 0 amide bonds. The molecule has 3 heterocycles. The normalized spacial score (nSPS) is 17.3. The Kier molecular flexibility index (Phi) is 6.21. The van der Waals surface area contributed by atoms with Crippen LogP contribution >= 0.6 is 0 Å². The number of rotatable bonds is 6. The number of hydrogen-bond donors (Lipinski definition) is 1. The van der Waals surface area contributed by atoms with Crippen LogP contribution in [0.15, 0.2) is 36.7 Å². The van der Waals surface area contributed by atoms with Gasteiger partial charge in [-0.05, 0) is 57.0 Å². The van der Waals surface area contributed by atoms with Crippen molar-refractivity contribution >= 4 is 11.6 Å². The van der Waals surface area contributed by atoms with E-state index in [0.29, 0.717) is 0 Å².